The molecule has 0 spiro atoms. The molecule has 0 bridgehead atoms. The summed E-state index contributed by atoms with van der Waals surface area (Å²) in [5.41, 5.74) is 6.09. The number of nitrogen functional groups attached to an aromatic ring is 1. The lowest BCUT2D eigenvalue weighted by Crippen LogP contribution is -2.05. The van der Waals surface area contributed by atoms with Crippen molar-refractivity contribution in [3.63, 3.8) is 0 Å². The number of nitro groups is 1. The summed E-state index contributed by atoms with van der Waals surface area (Å²) in [6.07, 6.45) is 1.53. The Kier molecular flexibility index (Phi) is 2.65. The standard InChI is InChI=1S/C10H9N5O2/c1-6-9(15(16)17)8(14-10(11)13-6)7-4-2-3-5-12-7/h2-5H,1H3,(H2,11,13,14). The molecule has 0 aliphatic rings. The van der Waals surface area contributed by atoms with Crippen LogP contribution < -0.4 is 5.73 Å². The minimum atomic E-state index is -0.529. The maximum atomic E-state index is 11.0. The van der Waals surface area contributed by atoms with E-state index in [9.17, 15) is 10.1 Å². The van der Waals surface area contributed by atoms with Gasteiger partial charge in [-0.1, -0.05) is 6.07 Å². The van der Waals surface area contributed by atoms with Gasteiger partial charge in [0.2, 0.25) is 5.95 Å². The number of rotatable bonds is 2. The molecule has 7 nitrogen and oxygen atoms in total. The molecular weight excluding hydrogens is 222 g/mol. The fourth-order valence-corrected chi connectivity index (χ4v) is 1.49. The molecule has 0 aromatic carbocycles. The van der Waals surface area contributed by atoms with Gasteiger partial charge in [0.1, 0.15) is 5.69 Å². The first-order valence-corrected chi connectivity index (χ1v) is 4.79. The zero-order chi connectivity index (χ0) is 12.4. The van der Waals surface area contributed by atoms with E-state index in [-0.39, 0.29) is 23.0 Å². The van der Waals surface area contributed by atoms with Crippen molar-refractivity contribution >= 4 is 11.6 Å². The quantitative estimate of drug-likeness (QED) is 0.617. The summed E-state index contributed by atoms with van der Waals surface area (Å²) in [7, 11) is 0. The second kappa shape index (κ2) is 4.12. The van der Waals surface area contributed by atoms with Gasteiger partial charge in [0.25, 0.3) is 0 Å². The molecule has 2 heterocycles. The zero-order valence-electron chi connectivity index (χ0n) is 8.99. The number of pyridine rings is 1. The van der Waals surface area contributed by atoms with E-state index in [0.29, 0.717) is 5.69 Å². The van der Waals surface area contributed by atoms with Gasteiger partial charge in [-0.05, 0) is 19.1 Å². The molecule has 2 aromatic rings. The molecule has 2 rings (SSSR count). The van der Waals surface area contributed by atoms with E-state index in [1.54, 1.807) is 18.2 Å². The first-order chi connectivity index (χ1) is 8.09. The van der Waals surface area contributed by atoms with Crippen LogP contribution in [0.3, 0.4) is 0 Å². The Balaban J connectivity index is 2.72. The summed E-state index contributed by atoms with van der Waals surface area (Å²) < 4.78 is 0. The fraction of sp³-hybridized carbons (Fsp3) is 0.100. The number of nitrogens with two attached hydrogens (primary N) is 1. The lowest BCUT2D eigenvalue weighted by atomic mass is 10.2. The lowest BCUT2D eigenvalue weighted by molar-refractivity contribution is -0.385. The highest BCUT2D eigenvalue weighted by Crippen LogP contribution is 2.28. The molecule has 86 valence electrons. The predicted octanol–water partition coefficient (Wildman–Crippen LogP) is 1.34. The third-order valence-electron chi connectivity index (χ3n) is 2.17. The van der Waals surface area contributed by atoms with E-state index in [4.69, 9.17) is 5.73 Å². The van der Waals surface area contributed by atoms with Crippen molar-refractivity contribution in [2.45, 2.75) is 6.92 Å². The number of anilines is 1. The summed E-state index contributed by atoms with van der Waals surface area (Å²) in [6.45, 7) is 1.52. The topological polar surface area (TPSA) is 108 Å². The minimum Gasteiger partial charge on any atom is -0.368 e. The van der Waals surface area contributed by atoms with Crippen LogP contribution in [0.4, 0.5) is 11.6 Å². The molecule has 2 N–H and O–H groups in total. The Morgan fingerprint density at radius 3 is 2.71 bits per heavy atom. The summed E-state index contributed by atoms with van der Waals surface area (Å²) >= 11 is 0. The van der Waals surface area contributed by atoms with E-state index in [1.165, 1.54) is 13.1 Å². The van der Waals surface area contributed by atoms with Gasteiger partial charge in [0.05, 0.1) is 10.6 Å². The molecule has 17 heavy (non-hydrogen) atoms. The highest BCUT2D eigenvalue weighted by Gasteiger charge is 2.23. The SMILES string of the molecule is Cc1nc(N)nc(-c2ccccn2)c1[N+](=O)[O-]. The molecule has 0 saturated heterocycles. The van der Waals surface area contributed by atoms with Crippen molar-refractivity contribution in [3.05, 3.63) is 40.2 Å². The van der Waals surface area contributed by atoms with Gasteiger partial charge in [0.15, 0.2) is 5.69 Å². The van der Waals surface area contributed by atoms with Gasteiger partial charge in [-0.25, -0.2) is 9.97 Å². The lowest BCUT2D eigenvalue weighted by Gasteiger charge is -2.04. The van der Waals surface area contributed by atoms with Gasteiger partial charge in [-0.15, -0.1) is 0 Å². The Morgan fingerprint density at radius 1 is 1.35 bits per heavy atom. The molecule has 2 aromatic heterocycles. The van der Waals surface area contributed by atoms with E-state index in [1.807, 2.05) is 0 Å². The van der Waals surface area contributed by atoms with E-state index in [0.717, 1.165) is 0 Å². The number of aromatic nitrogens is 3. The first-order valence-electron chi connectivity index (χ1n) is 4.79. The van der Waals surface area contributed by atoms with Crippen LogP contribution in [-0.2, 0) is 0 Å². The average Bonchev–Trinajstić information content (AvgIpc) is 2.28. The smallest absolute Gasteiger partial charge is 0.318 e. The van der Waals surface area contributed by atoms with Gasteiger partial charge in [0, 0.05) is 6.20 Å². The molecule has 0 amide bonds. The summed E-state index contributed by atoms with van der Waals surface area (Å²) in [5, 5.41) is 11.0. The van der Waals surface area contributed by atoms with E-state index >= 15 is 0 Å². The van der Waals surface area contributed by atoms with Crippen LogP contribution in [0, 0.1) is 17.0 Å². The maximum Gasteiger partial charge on any atom is 0.318 e. The highest BCUT2D eigenvalue weighted by atomic mass is 16.6. The number of hydrogen-bond acceptors (Lipinski definition) is 6. The third-order valence-corrected chi connectivity index (χ3v) is 2.17. The normalized spacial score (nSPS) is 10.2. The van der Waals surface area contributed by atoms with Crippen LogP contribution in [0.5, 0.6) is 0 Å². The molecule has 0 fully saturated rings. The van der Waals surface area contributed by atoms with Gasteiger partial charge >= 0.3 is 5.69 Å². The Morgan fingerprint density at radius 2 is 2.12 bits per heavy atom. The fourth-order valence-electron chi connectivity index (χ4n) is 1.49. The van der Waals surface area contributed by atoms with Crippen molar-refractivity contribution in [3.8, 4) is 11.4 Å². The molecule has 0 aliphatic carbocycles. The van der Waals surface area contributed by atoms with Crippen LogP contribution >= 0.6 is 0 Å². The van der Waals surface area contributed by atoms with Crippen molar-refractivity contribution in [2.24, 2.45) is 0 Å². The number of aryl methyl sites for hydroxylation is 1. The van der Waals surface area contributed by atoms with Crippen LogP contribution in [0.2, 0.25) is 0 Å². The molecule has 0 aliphatic heterocycles. The number of hydrogen-bond donors (Lipinski definition) is 1. The molecule has 0 saturated carbocycles. The average molecular weight is 231 g/mol. The summed E-state index contributed by atoms with van der Waals surface area (Å²) in [5.74, 6) is -0.00578. The largest absolute Gasteiger partial charge is 0.368 e. The first kappa shape index (κ1) is 10.9. The van der Waals surface area contributed by atoms with E-state index < -0.39 is 4.92 Å². The second-order valence-electron chi connectivity index (χ2n) is 3.34. The second-order valence-corrected chi connectivity index (χ2v) is 3.34. The Hall–Kier alpha value is -2.57. The van der Waals surface area contributed by atoms with Crippen molar-refractivity contribution in [1.82, 2.24) is 15.0 Å². The van der Waals surface area contributed by atoms with Gasteiger partial charge in [-0.2, -0.15) is 0 Å². The van der Waals surface area contributed by atoms with Crippen molar-refractivity contribution < 1.29 is 4.92 Å². The van der Waals surface area contributed by atoms with Gasteiger partial charge in [-0.3, -0.25) is 15.1 Å². The Labute approximate surface area is 96.5 Å². The van der Waals surface area contributed by atoms with Crippen molar-refractivity contribution in [1.29, 1.82) is 0 Å². The number of nitrogens with zero attached hydrogens (tertiary/aromatic N) is 4. The van der Waals surface area contributed by atoms with Crippen molar-refractivity contribution in [2.75, 3.05) is 5.73 Å². The highest BCUT2D eigenvalue weighted by molar-refractivity contribution is 5.68. The Bertz CT molecular complexity index is 570. The summed E-state index contributed by atoms with van der Waals surface area (Å²) in [6, 6.07) is 5.07. The monoisotopic (exact) mass is 231 g/mol. The predicted molar refractivity (Wildman–Crippen MR) is 61.1 cm³/mol. The van der Waals surface area contributed by atoms with E-state index in [2.05, 4.69) is 15.0 Å². The minimum absolute atomic E-state index is 0.00578. The van der Waals surface area contributed by atoms with Crippen LogP contribution in [0.15, 0.2) is 24.4 Å². The molecule has 0 unspecified atom stereocenters. The summed E-state index contributed by atoms with van der Waals surface area (Å²) in [4.78, 5) is 22.1. The third kappa shape index (κ3) is 2.03. The zero-order valence-corrected chi connectivity index (χ0v) is 8.99. The van der Waals surface area contributed by atoms with Crippen LogP contribution in [0.1, 0.15) is 5.69 Å². The molecule has 0 radical (unpaired) electrons. The van der Waals surface area contributed by atoms with Gasteiger partial charge < -0.3 is 5.73 Å². The van der Waals surface area contributed by atoms with Crippen LogP contribution in [0.25, 0.3) is 11.4 Å². The molecule has 7 heteroatoms. The molecule has 0 atom stereocenters. The van der Waals surface area contributed by atoms with Crippen LogP contribution in [-0.4, -0.2) is 19.9 Å². The maximum absolute atomic E-state index is 11.0. The molecular formula is C10H9N5O2.